The van der Waals surface area contributed by atoms with Gasteiger partial charge in [-0.3, -0.25) is 14.3 Å². The number of hydrogen-bond acceptors (Lipinski definition) is 11. The molecule has 0 bridgehead atoms. The van der Waals surface area contributed by atoms with Gasteiger partial charge >= 0.3 is 15.6 Å². The Morgan fingerprint density at radius 3 is 2.70 bits per heavy atom. The van der Waals surface area contributed by atoms with Crippen LogP contribution in [0.15, 0.2) is 16.5 Å². The fourth-order valence-electron chi connectivity index (χ4n) is 3.64. The predicted molar refractivity (Wildman–Crippen MR) is 99.2 cm³/mol. The van der Waals surface area contributed by atoms with Crippen molar-refractivity contribution in [2.45, 2.75) is 18.4 Å². The number of hydrogen-bond donors (Lipinski definition) is 7. The van der Waals surface area contributed by atoms with Crippen molar-refractivity contribution in [3.63, 3.8) is 0 Å². The van der Waals surface area contributed by atoms with E-state index in [1.54, 1.807) is 4.90 Å². The summed E-state index contributed by atoms with van der Waals surface area (Å²) in [6, 6.07) is 0. The van der Waals surface area contributed by atoms with E-state index in [9.17, 15) is 19.1 Å². The third-order valence-electron chi connectivity index (χ3n) is 4.95. The van der Waals surface area contributed by atoms with Crippen molar-refractivity contribution in [1.29, 1.82) is 0 Å². The number of aliphatic hydroxyl groups excluding tert-OH is 1. The lowest BCUT2D eigenvalue weighted by Crippen LogP contribution is -3.07. The number of nitrogens with two attached hydrogens (primary N) is 1. The molecule has 3 rings (SSSR count). The van der Waals surface area contributed by atoms with Gasteiger partial charge in [0.25, 0.3) is 0 Å². The molecule has 30 heavy (non-hydrogen) atoms. The second-order valence-electron chi connectivity index (χ2n) is 7.07. The van der Waals surface area contributed by atoms with Gasteiger partial charge in [0.2, 0.25) is 0 Å². The van der Waals surface area contributed by atoms with Crippen LogP contribution in [0.4, 0.5) is 0 Å². The maximum atomic E-state index is 11.7. The Labute approximate surface area is 171 Å². The molecule has 2 unspecified atom stereocenters. The number of aliphatic hydroxyl groups is 1. The van der Waals surface area contributed by atoms with Crippen LogP contribution in [-0.4, -0.2) is 89.7 Å². The standard InChI is InChI=1S/C13H25N5O10P2/c1-17-6-18(11-8(17)3-15-13(14)16-11)12-10(19)7(4-25-2)9(27-12)5-26-30(23,24)28-29(20,21)22/h7,9-10,12,19H,3-6H2,1-2H3,(H,23,24)(H3,14,15,16)(H2,20,21,22)/p+1/t7-,9-,10-,12-/m1/s1. The topological polar surface area (TPSA) is 210 Å². The second-order valence-corrected chi connectivity index (χ2v) is 9.90. The molecule has 3 aliphatic heterocycles. The molecular weight excluding hydrogens is 448 g/mol. The van der Waals surface area contributed by atoms with E-state index in [-0.39, 0.29) is 12.6 Å². The molecule has 3 aliphatic rings. The first-order chi connectivity index (χ1) is 13.9. The van der Waals surface area contributed by atoms with Crippen molar-refractivity contribution in [2.75, 3.05) is 40.6 Å². The van der Waals surface area contributed by atoms with Gasteiger partial charge in [-0.25, -0.2) is 14.1 Å². The summed E-state index contributed by atoms with van der Waals surface area (Å²) in [6.45, 7) is 0.297. The van der Waals surface area contributed by atoms with Gasteiger partial charge in [-0.2, -0.15) is 4.31 Å². The summed E-state index contributed by atoms with van der Waals surface area (Å²) in [5.41, 5.74) is 6.70. The lowest BCUT2D eigenvalue weighted by molar-refractivity contribution is -0.841. The zero-order valence-corrected chi connectivity index (χ0v) is 18.0. The number of quaternary nitrogens is 1. The molecule has 17 heteroatoms. The van der Waals surface area contributed by atoms with Gasteiger partial charge in [-0.15, -0.1) is 0 Å². The monoisotopic (exact) mass is 474 g/mol. The summed E-state index contributed by atoms with van der Waals surface area (Å²) < 4.78 is 42.0. The molecule has 0 radical (unpaired) electrons. The van der Waals surface area contributed by atoms with Crippen molar-refractivity contribution in [3.8, 4) is 0 Å². The Morgan fingerprint density at radius 1 is 1.37 bits per heavy atom. The van der Waals surface area contributed by atoms with Crippen LogP contribution in [0.1, 0.15) is 0 Å². The maximum Gasteiger partial charge on any atom is 0.481 e. The van der Waals surface area contributed by atoms with Crippen LogP contribution in [0.5, 0.6) is 0 Å². The maximum absolute atomic E-state index is 11.7. The Morgan fingerprint density at radius 2 is 2.07 bits per heavy atom. The number of methoxy groups -OCH3 is 1. The van der Waals surface area contributed by atoms with E-state index in [0.29, 0.717) is 19.0 Å². The zero-order valence-electron chi connectivity index (χ0n) is 16.2. The molecule has 0 amide bonds. The molecule has 1 fully saturated rings. The average molecular weight is 474 g/mol. The van der Waals surface area contributed by atoms with Crippen LogP contribution < -0.4 is 16.0 Å². The third-order valence-corrected chi connectivity index (χ3v) is 7.10. The van der Waals surface area contributed by atoms with Gasteiger partial charge in [0, 0.05) is 13.0 Å². The smallest absolute Gasteiger partial charge is 0.388 e. The minimum atomic E-state index is -5.25. The molecular formula is C13H26N5O10P2+. The second kappa shape index (κ2) is 8.81. The molecule has 0 aliphatic carbocycles. The molecule has 8 N–H and O–H groups in total. The summed E-state index contributed by atoms with van der Waals surface area (Å²) >= 11 is 0. The molecule has 15 nitrogen and oxygen atoms in total. The molecule has 0 spiro atoms. The third kappa shape index (κ3) is 5.21. The van der Waals surface area contributed by atoms with Crippen molar-refractivity contribution in [3.05, 3.63) is 11.5 Å². The van der Waals surface area contributed by atoms with E-state index in [0.717, 1.165) is 10.6 Å². The molecule has 0 saturated carbocycles. The van der Waals surface area contributed by atoms with Gasteiger partial charge in [-0.1, -0.05) is 0 Å². The first-order valence-electron chi connectivity index (χ1n) is 8.88. The summed E-state index contributed by atoms with van der Waals surface area (Å²) in [6.07, 6.45) is -2.85. The summed E-state index contributed by atoms with van der Waals surface area (Å²) in [5.74, 6) is 0.221. The number of ether oxygens (including phenoxy) is 2. The van der Waals surface area contributed by atoms with E-state index < -0.39 is 46.6 Å². The first-order valence-corrected chi connectivity index (χ1v) is 11.9. The van der Waals surface area contributed by atoms with Crippen molar-refractivity contribution < 1.29 is 52.1 Å². The van der Waals surface area contributed by atoms with Gasteiger partial charge in [-0.05, 0) is 0 Å². The Balaban J connectivity index is 1.73. The van der Waals surface area contributed by atoms with Crippen molar-refractivity contribution >= 4 is 21.6 Å². The van der Waals surface area contributed by atoms with E-state index in [2.05, 4.69) is 19.1 Å². The molecule has 6 atom stereocenters. The molecule has 172 valence electrons. The van der Waals surface area contributed by atoms with Crippen LogP contribution >= 0.6 is 15.6 Å². The number of guanidine groups is 1. The lowest BCUT2D eigenvalue weighted by atomic mass is 9.99. The molecule has 0 aromatic carbocycles. The van der Waals surface area contributed by atoms with Crippen LogP contribution in [0.25, 0.3) is 0 Å². The van der Waals surface area contributed by atoms with E-state index >= 15 is 0 Å². The van der Waals surface area contributed by atoms with Gasteiger partial charge in [0.15, 0.2) is 30.4 Å². The van der Waals surface area contributed by atoms with Crippen LogP contribution in [-0.2, 0) is 27.4 Å². The number of phosphoric ester groups is 1. The number of phosphoric acid groups is 2. The van der Waals surface area contributed by atoms with E-state index in [1.165, 1.54) is 7.11 Å². The zero-order chi connectivity index (χ0) is 22.3. The summed E-state index contributed by atoms with van der Waals surface area (Å²) in [4.78, 5) is 33.8. The molecule has 3 heterocycles. The largest absolute Gasteiger partial charge is 0.481 e. The lowest BCUT2D eigenvalue weighted by Gasteiger charge is -2.29. The molecule has 0 aromatic rings. The Hall–Kier alpha value is -1.09. The fraction of sp³-hybridized carbons (Fsp3) is 0.769. The van der Waals surface area contributed by atoms with Crippen LogP contribution in [0, 0.1) is 5.92 Å². The summed E-state index contributed by atoms with van der Waals surface area (Å²) in [7, 11) is -6.97. The minimum Gasteiger partial charge on any atom is -0.388 e. The van der Waals surface area contributed by atoms with Crippen LogP contribution in [0.2, 0.25) is 0 Å². The number of nitrogens with one attached hydrogen (secondary N) is 2. The van der Waals surface area contributed by atoms with Gasteiger partial charge < -0.3 is 40.3 Å². The van der Waals surface area contributed by atoms with Crippen molar-refractivity contribution in [1.82, 2.24) is 10.2 Å². The van der Waals surface area contributed by atoms with E-state index in [1.807, 2.05) is 7.05 Å². The molecule has 1 saturated heterocycles. The highest BCUT2D eigenvalue weighted by molar-refractivity contribution is 7.60. The minimum absolute atomic E-state index is 0.0419. The Bertz CT molecular complexity index is 818. The van der Waals surface area contributed by atoms with Crippen LogP contribution in [0.3, 0.4) is 0 Å². The normalized spacial score (nSPS) is 33.9. The Kier molecular flexibility index (Phi) is 6.92. The summed E-state index contributed by atoms with van der Waals surface area (Å²) in [5, 5.41) is 13.8. The fourth-order valence-corrected chi connectivity index (χ4v) is 5.24. The number of rotatable bonds is 8. The number of aliphatic imine (C=N–C) groups is 1. The van der Waals surface area contributed by atoms with Crippen molar-refractivity contribution in [2.24, 2.45) is 16.6 Å². The first kappa shape index (κ1) is 23.6. The highest BCUT2D eigenvalue weighted by Crippen LogP contribution is 2.57. The highest BCUT2D eigenvalue weighted by atomic mass is 31.3. The quantitative estimate of drug-likeness (QED) is 0.170. The average Bonchev–Trinajstić information content (AvgIpc) is 3.09. The SMILES string of the molecule is COC[C@H]1[C@@H](O)[C@H](N2C[NH+](C)C3=C2NC(N)=NC3)O[C@@H]1COP(=O)(O)OP(=O)(O)O. The van der Waals surface area contributed by atoms with E-state index in [4.69, 9.17) is 25.0 Å². The van der Waals surface area contributed by atoms with Gasteiger partial charge in [0.05, 0.1) is 26.4 Å². The number of nitrogens with zero attached hydrogens (tertiary/aromatic N) is 2. The van der Waals surface area contributed by atoms with Gasteiger partial charge in [0.1, 0.15) is 12.6 Å². The highest BCUT2D eigenvalue weighted by Gasteiger charge is 2.51. The molecule has 0 aromatic heterocycles. The predicted octanol–water partition coefficient (Wildman–Crippen LogP) is -3.56. The number of likely N-dealkylation sites (N-methyl/N-ethyl adjacent to an activating group) is 1.